The molecule has 0 aromatic rings. The van der Waals surface area contributed by atoms with E-state index in [1.54, 1.807) is 0 Å². The Hall–Kier alpha value is -0.380. The average Bonchev–Trinajstić information content (AvgIpc) is 2.66. The Morgan fingerprint density at radius 2 is 2.07 bits per heavy atom. The molecule has 2 aliphatic rings. The molecule has 2 saturated heterocycles. The van der Waals surface area contributed by atoms with Crippen LogP contribution in [0.1, 0.15) is 12.8 Å². The molecule has 0 bridgehead atoms. The lowest BCUT2D eigenvalue weighted by Gasteiger charge is -2.25. The molecule has 15 heavy (non-hydrogen) atoms. The summed E-state index contributed by atoms with van der Waals surface area (Å²) in [6, 6.07) is 0.686. The largest absolute Gasteiger partial charge is 0.379 e. The van der Waals surface area contributed by atoms with Crippen LogP contribution in [0.3, 0.4) is 0 Å². The van der Waals surface area contributed by atoms with Crippen LogP contribution in [0.25, 0.3) is 0 Å². The van der Waals surface area contributed by atoms with Crippen LogP contribution in [-0.4, -0.2) is 62.3 Å². The molecule has 2 rings (SSSR count). The SMILES string of the molecule is CN1CCCC1C=CCN1CCOCC1. The van der Waals surface area contributed by atoms with Gasteiger partial charge in [0.15, 0.2) is 0 Å². The maximum absolute atomic E-state index is 5.32. The summed E-state index contributed by atoms with van der Waals surface area (Å²) in [5.74, 6) is 0. The number of ether oxygens (including phenoxy) is 1. The monoisotopic (exact) mass is 210 g/mol. The van der Waals surface area contributed by atoms with Crippen LogP contribution in [0.2, 0.25) is 0 Å². The van der Waals surface area contributed by atoms with E-state index in [4.69, 9.17) is 4.74 Å². The fourth-order valence-corrected chi connectivity index (χ4v) is 2.33. The fourth-order valence-electron chi connectivity index (χ4n) is 2.33. The zero-order valence-corrected chi connectivity index (χ0v) is 9.69. The van der Waals surface area contributed by atoms with Gasteiger partial charge in [-0.15, -0.1) is 0 Å². The first-order chi connectivity index (χ1) is 7.36. The lowest BCUT2D eigenvalue weighted by molar-refractivity contribution is 0.0434. The van der Waals surface area contributed by atoms with Crippen LogP contribution in [-0.2, 0) is 4.74 Å². The molecule has 3 heteroatoms. The quantitative estimate of drug-likeness (QED) is 0.646. The molecule has 2 fully saturated rings. The highest BCUT2D eigenvalue weighted by molar-refractivity contribution is 4.98. The van der Waals surface area contributed by atoms with Gasteiger partial charge in [0.2, 0.25) is 0 Å². The third-order valence-electron chi connectivity index (χ3n) is 3.40. The normalized spacial score (nSPS) is 30.3. The minimum Gasteiger partial charge on any atom is -0.379 e. The molecule has 2 aliphatic heterocycles. The number of likely N-dealkylation sites (tertiary alicyclic amines) is 1. The van der Waals surface area contributed by atoms with E-state index in [1.807, 2.05) is 0 Å². The number of hydrogen-bond donors (Lipinski definition) is 0. The summed E-state index contributed by atoms with van der Waals surface area (Å²) in [5.41, 5.74) is 0. The van der Waals surface area contributed by atoms with Crippen molar-refractivity contribution in [3.05, 3.63) is 12.2 Å². The summed E-state index contributed by atoms with van der Waals surface area (Å²) in [6.45, 7) is 6.32. The molecule has 86 valence electrons. The fraction of sp³-hybridized carbons (Fsp3) is 0.833. The summed E-state index contributed by atoms with van der Waals surface area (Å²) in [4.78, 5) is 4.89. The smallest absolute Gasteiger partial charge is 0.0594 e. The molecule has 2 heterocycles. The summed E-state index contributed by atoms with van der Waals surface area (Å²) in [6.07, 6.45) is 7.39. The molecule has 1 atom stereocenters. The van der Waals surface area contributed by atoms with Crippen LogP contribution in [0, 0.1) is 0 Å². The Morgan fingerprint density at radius 1 is 1.27 bits per heavy atom. The van der Waals surface area contributed by atoms with Gasteiger partial charge in [-0.3, -0.25) is 9.80 Å². The second-order valence-electron chi connectivity index (χ2n) is 4.53. The van der Waals surface area contributed by atoms with Gasteiger partial charge in [-0.2, -0.15) is 0 Å². The van der Waals surface area contributed by atoms with Gasteiger partial charge < -0.3 is 4.74 Å². The van der Waals surface area contributed by atoms with E-state index in [9.17, 15) is 0 Å². The van der Waals surface area contributed by atoms with Crippen molar-refractivity contribution in [3.63, 3.8) is 0 Å². The van der Waals surface area contributed by atoms with E-state index in [0.717, 1.165) is 32.8 Å². The van der Waals surface area contributed by atoms with Crippen LogP contribution in [0.4, 0.5) is 0 Å². The lowest BCUT2D eigenvalue weighted by Crippen LogP contribution is -2.36. The van der Waals surface area contributed by atoms with Gasteiger partial charge in [0, 0.05) is 25.7 Å². The highest BCUT2D eigenvalue weighted by Crippen LogP contribution is 2.15. The second-order valence-corrected chi connectivity index (χ2v) is 4.53. The number of hydrogen-bond acceptors (Lipinski definition) is 3. The number of likely N-dealkylation sites (N-methyl/N-ethyl adjacent to an activating group) is 1. The molecule has 1 unspecified atom stereocenters. The Labute approximate surface area is 92.7 Å². The van der Waals surface area contributed by atoms with Crippen LogP contribution in [0.15, 0.2) is 12.2 Å². The Morgan fingerprint density at radius 3 is 2.73 bits per heavy atom. The summed E-state index contributed by atoms with van der Waals surface area (Å²) in [7, 11) is 2.22. The van der Waals surface area contributed by atoms with Crippen molar-refractivity contribution in [2.24, 2.45) is 0 Å². The standard InChI is InChI=1S/C12H22N2O/c1-13-6-2-4-12(13)5-3-7-14-8-10-15-11-9-14/h3,5,12H,2,4,6-11H2,1H3. The van der Waals surface area contributed by atoms with E-state index < -0.39 is 0 Å². The molecule has 0 aromatic heterocycles. The van der Waals surface area contributed by atoms with E-state index in [2.05, 4.69) is 29.0 Å². The van der Waals surface area contributed by atoms with Crippen molar-refractivity contribution >= 4 is 0 Å². The van der Waals surface area contributed by atoms with Crippen LogP contribution < -0.4 is 0 Å². The van der Waals surface area contributed by atoms with E-state index in [-0.39, 0.29) is 0 Å². The van der Waals surface area contributed by atoms with Crippen molar-refractivity contribution in [2.75, 3.05) is 46.4 Å². The molecule has 0 aromatic carbocycles. The molecule has 3 nitrogen and oxygen atoms in total. The first-order valence-corrected chi connectivity index (χ1v) is 6.03. The molecule has 0 radical (unpaired) electrons. The third kappa shape index (κ3) is 3.30. The molecule has 0 spiro atoms. The van der Waals surface area contributed by atoms with Crippen LogP contribution in [0.5, 0.6) is 0 Å². The maximum atomic E-state index is 5.32. The first kappa shape index (κ1) is 11.1. The van der Waals surface area contributed by atoms with E-state index in [0.29, 0.717) is 6.04 Å². The van der Waals surface area contributed by atoms with Crippen molar-refractivity contribution in [1.82, 2.24) is 9.80 Å². The maximum Gasteiger partial charge on any atom is 0.0594 e. The predicted octanol–water partition coefficient (Wildman–Crippen LogP) is 0.969. The first-order valence-electron chi connectivity index (χ1n) is 6.03. The zero-order chi connectivity index (χ0) is 10.5. The average molecular weight is 210 g/mol. The molecule has 0 aliphatic carbocycles. The topological polar surface area (TPSA) is 15.7 Å². The molecular formula is C12H22N2O. The van der Waals surface area contributed by atoms with E-state index in [1.165, 1.54) is 19.4 Å². The second kappa shape index (κ2) is 5.64. The minimum absolute atomic E-state index is 0.686. The van der Waals surface area contributed by atoms with Gasteiger partial charge in [0.25, 0.3) is 0 Å². The van der Waals surface area contributed by atoms with E-state index >= 15 is 0 Å². The van der Waals surface area contributed by atoms with Gasteiger partial charge in [-0.25, -0.2) is 0 Å². The zero-order valence-electron chi connectivity index (χ0n) is 9.69. The van der Waals surface area contributed by atoms with Gasteiger partial charge in [-0.05, 0) is 26.4 Å². The van der Waals surface area contributed by atoms with Crippen molar-refractivity contribution in [1.29, 1.82) is 0 Å². The Bertz CT molecular complexity index is 212. The third-order valence-corrected chi connectivity index (χ3v) is 3.40. The van der Waals surface area contributed by atoms with Crippen molar-refractivity contribution in [3.8, 4) is 0 Å². The molecule has 0 saturated carbocycles. The molecule has 0 amide bonds. The highest BCUT2D eigenvalue weighted by atomic mass is 16.5. The Kier molecular flexibility index (Phi) is 4.18. The number of morpholine rings is 1. The minimum atomic E-state index is 0.686. The molecular weight excluding hydrogens is 188 g/mol. The predicted molar refractivity (Wildman–Crippen MR) is 62.1 cm³/mol. The summed E-state index contributed by atoms with van der Waals surface area (Å²) >= 11 is 0. The lowest BCUT2D eigenvalue weighted by atomic mass is 10.2. The van der Waals surface area contributed by atoms with Gasteiger partial charge in [0.05, 0.1) is 13.2 Å². The van der Waals surface area contributed by atoms with Gasteiger partial charge in [0.1, 0.15) is 0 Å². The number of rotatable bonds is 3. The van der Waals surface area contributed by atoms with Gasteiger partial charge >= 0.3 is 0 Å². The summed E-state index contributed by atoms with van der Waals surface area (Å²) in [5, 5.41) is 0. The van der Waals surface area contributed by atoms with Crippen LogP contribution >= 0.6 is 0 Å². The Balaban J connectivity index is 1.69. The highest BCUT2D eigenvalue weighted by Gasteiger charge is 2.17. The van der Waals surface area contributed by atoms with Crippen molar-refractivity contribution in [2.45, 2.75) is 18.9 Å². The van der Waals surface area contributed by atoms with Gasteiger partial charge in [-0.1, -0.05) is 12.2 Å². The number of nitrogens with zero attached hydrogens (tertiary/aromatic N) is 2. The molecule has 0 N–H and O–H groups in total. The summed E-state index contributed by atoms with van der Waals surface area (Å²) < 4.78 is 5.32. The van der Waals surface area contributed by atoms with Crippen molar-refractivity contribution < 1.29 is 4.74 Å².